The number of nitrogens with zero attached hydrogens (tertiary/aromatic N) is 1. The molecule has 1 atom stereocenters. The lowest BCUT2D eigenvalue weighted by atomic mass is 10.2. The van der Waals surface area contributed by atoms with E-state index in [0.29, 0.717) is 11.7 Å². The van der Waals surface area contributed by atoms with E-state index in [2.05, 4.69) is 31.5 Å². The SMILES string of the molecule is CNCC(C)C(=O)Nc1nc(-c2cc(Br)cs2)cs1. The van der Waals surface area contributed by atoms with Crippen LogP contribution in [0.25, 0.3) is 10.6 Å². The molecule has 2 heterocycles. The van der Waals surface area contributed by atoms with Crippen LogP contribution in [0.15, 0.2) is 21.3 Å². The summed E-state index contributed by atoms with van der Waals surface area (Å²) >= 11 is 6.49. The summed E-state index contributed by atoms with van der Waals surface area (Å²) < 4.78 is 1.05. The standard InChI is InChI=1S/C12H14BrN3OS2/c1-7(4-14-2)11(17)16-12-15-9(6-19-12)10-3-8(13)5-18-10/h3,5-7,14H,4H2,1-2H3,(H,15,16,17). The predicted molar refractivity (Wildman–Crippen MR) is 84.8 cm³/mol. The van der Waals surface area contributed by atoms with Gasteiger partial charge in [0.15, 0.2) is 5.13 Å². The number of thiazole rings is 1. The van der Waals surface area contributed by atoms with E-state index in [1.54, 1.807) is 11.3 Å². The minimum Gasteiger partial charge on any atom is -0.319 e. The molecule has 2 N–H and O–H groups in total. The smallest absolute Gasteiger partial charge is 0.230 e. The van der Waals surface area contributed by atoms with Crippen LogP contribution >= 0.6 is 38.6 Å². The molecule has 19 heavy (non-hydrogen) atoms. The largest absolute Gasteiger partial charge is 0.319 e. The van der Waals surface area contributed by atoms with Gasteiger partial charge in [-0.25, -0.2) is 4.98 Å². The average molecular weight is 360 g/mol. The van der Waals surface area contributed by atoms with Gasteiger partial charge in [0.25, 0.3) is 0 Å². The van der Waals surface area contributed by atoms with Gasteiger partial charge in [0.1, 0.15) is 0 Å². The van der Waals surface area contributed by atoms with Crippen molar-refractivity contribution in [2.24, 2.45) is 5.92 Å². The number of anilines is 1. The Bertz CT molecular complexity index is 567. The van der Waals surface area contributed by atoms with Crippen LogP contribution in [0.5, 0.6) is 0 Å². The quantitative estimate of drug-likeness (QED) is 0.859. The number of hydrogen-bond donors (Lipinski definition) is 2. The van der Waals surface area contributed by atoms with E-state index in [4.69, 9.17) is 0 Å². The molecule has 0 aliphatic carbocycles. The maximum atomic E-state index is 11.9. The summed E-state index contributed by atoms with van der Waals surface area (Å²) in [6.07, 6.45) is 0. The molecule has 4 nitrogen and oxygen atoms in total. The summed E-state index contributed by atoms with van der Waals surface area (Å²) in [5.41, 5.74) is 0.900. The molecule has 2 aromatic rings. The highest BCUT2D eigenvalue weighted by molar-refractivity contribution is 9.10. The molecule has 0 fully saturated rings. The van der Waals surface area contributed by atoms with Crippen LogP contribution in [-0.4, -0.2) is 24.5 Å². The normalized spacial score (nSPS) is 12.4. The van der Waals surface area contributed by atoms with Crippen LogP contribution in [-0.2, 0) is 4.79 Å². The van der Waals surface area contributed by atoms with Crippen LogP contribution in [0.4, 0.5) is 5.13 Å². The second-order valence-electron chi connectivity index (χ2n) is 4.12. The Morgan fingerprint density at radius 1 is 1.47 bits per heavy atom. The number of amides is 1. The number of carbonyl (C=O) groups excluding carboxylic acids is 1. The molecular weight excluding hydrogens is 346 g/mol. The van der Waals surface area contributed by atoms with Crippen molar-refractivity contribution in [1.29, 1.82) is 0 Å². The van der Waals surface area contributed by atoms with Crippen LogP contribution < -0.4 is 10.6 Å². The highest BCUT2D eigenvalue weighted by Crippen LogP contribution is 2.32. The fraction of sp³-hybridized carbons (Fsp3) is 0.333. The third-order valence-electron chi connectivity index (χ3n) is 2.51. The van der Waals surface area contributed by atoms with E-state index in [1.807, 2.05) is 30.8 Å². The molecule has 2 aromatic heterocycles. The van der Waals surface area contributed by atoms with Gasteiger partial charge in [0, 0.05) is 27.7 Å². The summed E-state index contributed by atoms with van der Waals surface area (Å²) in [5.74, 6) is -0.0872. The highest BCUT2D eigenvalue weighted by Gasteiger charge is 2.14. The van der Waals surface area contributed by atoms with E-state index < -0.39 is 0 Å². The summed E-state index contributed by atoms with van der Waals surface area (Å²) in [6.45, 7) is 2.54. The molecule has 0 aliphatic heterocycles. The topological polar surface area (TPSA) is 54.0 Å². The van der Waals surface area contributed by atoms with Crippen molar-refractivity contribution >= 4 is 49.6 Å². The Morgan fingerprint density at radius 3 is 2.89 bits per heavy atom. The van der Waals surface area contributed by atoms with Gasteiger partial charge in [0.2, 0.25) is 5.91 Å². The van der Waals surface area contributed by atoms with E-state index in [-0.39, 0.29) is 11.8 Å². The number of aromatic nitrogens is 1. The zero-order valence-corrected chi connectivity index (χ0v) is 13.8. The van der Waals surface area contributed by atoms with Crippen molar-refractivity contribution in [3.63, 3.8) is 0 Å². The van der Waals surface area contributed by atoms with Gasteiger partial charge in [-0.3, -0.25) is 4.79 Å². The lowest BCUT2D eigenvalue weighted by Gasteiger charge is -2.09. The Morgan fingerprint density at radius 2 is 2.26 bits per heavy atom. The van der Waals surface area contributed by atoms with Crippen molar-refractivity contribution in [1.82, 2.24) is 10.3 Å². The molecule has 0 radical (unpaired) electrons. The van der Waals surface area contributed by atoms with Crippen molar-refractivity contribution in [2.45, 2.75) is 6.92 Å². The first-order valence-corrected chi connectivity index (χ1v) is 8.30. The zero-order chi connectivity index (χ0) is 13.8. The van der Waals surface area contributed by atoms with Gasteiger partial charge in [-0.2, -0.15) is 0 Å². The van der Waals surface area contributed by atoms with E-state index in [9.17, 15) is 4.79 Å². The summed E-state index contributed by atoms with van der Waals surface area (Å²) in [6, 6.07) is 2.02. The van der Waals surface area contributed by atoms with Gasteiger partial charge in [-0.05, 0) is 29.0 Å². The van der Waals surface area contributed by atoms with Crippen LogP contribution in [0.2, 0.25) is 0 Å². The Kier molecular flexibility index (Phi) is 5.09. The molecule has 0 bridgehead atoms. The average Bonchev–Trinajstić information content (AvgIpc) is 2.98. The van der Waals surface area contributed by atoms with Gasteiger partial charge < -0.3 is 10.6 Å². The summed E-state index contributed by atoms with van der Waals surface area (Å²) in [7, 11) is 1.83. The second kappa shape index (κ2) is 6.60. The third-order valence-corrected chi connectivity index (χ3v) is 4.98. The number of thiophene rings is 1. The van der Waals surface area contributed by atoms with Crippen LogP contribution in [0.3, 0.4) is 0 Å². The molecule has 2 rings (SSSR count). The number of rotatable bonds is 5. The monoisotopic (exact) mass is 359 g/mol. The van der Waals surface area contributed by atoms with Crippen molar-refractivity contribution in [3.8, 4) is 10.6 Å². The molecule has 1 amide bonds. The van der Waals surface area contributed by atoms with Crippen molar-refractivity contribution in [3.05, 3.63) is 21.3 Å². The molecule has 0 aromatic carbocycles. The fourth-order valence-corrected chi connectivity index (χ4v) is 3.70. The molecule has 1 unspecified atom stereocenters. The Hall–Kier alpha value is -0.760. The molecule has 7 heteroatoms. The van der Waals surface area contributed by atoms with Gasteiger partial charge in [0.05, 0.1) is 10.6 Å². The number of carbonyl (C=O) groups is 1. The second-order valence-corrected chi connectivity index (χ2v) is 6.80. The number of hydrogen-bond acceptors (Lipinski definition) is 5. The minimum atomic E-state index is -0.0757. The zero-order valence-electron chi connectivity index (χ0n) is 10.6. The van der Waals surface area contributed by atoms with Gasteiger partial charge in [-0.1, -0.05) is 6.92 Å². The van der Waals surface area contributed by atoms with Gasteiger partial charge in [-0.15, -0.1) is 22.7 Å². The third kappa shape index (κ3) is 3.85. The molecule has 0 saturated heterocycles. The minimum absolute atomic E-state index is 0.0115. The maximum absolute atomic E-state index is 11.9. The number of halogens is 1. The van der Waals surface area contributed by atoms with E-state index in [0.717, 1.165) is 15.0 Å². The first-order chi connectivity index (χ1) is 9.10. The van der Waals surface area contributed by atoms with E-state index >= 15 is 0 Å². The molecule has 102 valence electrons. The first kappa shape index (κ1) is 14.6. The highest BCUT2D eigenvalue weighted by atomic mass is 79.9. The molecular formula is C12H14BrN3OS2. The van der Waals surface area contributed by atoms with Gasteiger partial charge >= 0.3 is 0 Å². The Balaban J connectivity index is 2.03. The van der Waals surface area contributed by atoms with Crippen molar-refractivity contribution < 1.29 is 4.79 Å². The maximum Gasteiger partial charge on any atom is 0.230 e. The predicted octanol–water partition coefficient (Wildman–Crippen LogP) is 3.43. The number of nitrogens with one attached hydrogen (secondary N) is 2. The first-order valence-electron chi connectivity index (χ1n) is 5.75. The molecule has 0 spiro atoms. The Labute approximate surface area is 128 Å². The van der Waals surface area contributed by atoms with E-state index in [1.165, 1.54) is 11.3 Å². The summed E-state index contributed by atoms with van der Waals surface area (Å²) in [5, 5.41) is 10.4. The molecule has 0 saturated carbocycles. The lowest BCUT2D eigenvalue weighted by molar-refractivity contribution is -0.119. The van der Waals surface area contributed by atoms with Crippen LogP contribution in [0, 0.1) is 5.92 Å². The van der Waals surface area contributed by atoms with Crippen molar-refractivity contribution in [2.75, 3.05) is 18.9 Å². The fourth-order valence-electron chi connectivity index (χ4n) is 1.52. The lowest BCUT2D eigenvalue weighted by Crippen LogP contribution is -2.28. The molecule has 0 aliphatic rings. The van der Waals surface area contributed by atoms with Crippen LogP contribution in [0.1, 0.15) is 6.92 Å². The summed E-state index contributed by atoms with van der Waals surface area (Å²) in [4.78, 5) is 17.4.